The molecule has 0 atom stereocenters. The van der Waals surface area contributed by atoms with Crippen LogP contribution in [0.2, 0.25) is 0 Å². The number of fused-ring (bicyclic) bond motifs is 1. The van der Waals surface area contributed by atoms with Crippen LogP contribution >= 0.6 is 0 Å². The molecule has 162 valence electrons. The minimum Gasteiger partial charge on any atom is -0.474 e. The lowest BCUT2D eigenvalue weighted by Gasteiger charge is -2.13. The van der Waals surface area contributed by atoms with Crippen molar-refractivity contribution in [2.24, 2.45) is 5.92 Å². The summed E-state index contributed by atoms with van der Waals surface area (Å²) in [5.41, 5.74) is 0.944. The van der Waals surface area contributed by atoms with E-state index in [0.29, 0.717) is 29.7 Å². The molecule has 1 amide bonds. The van der Waals surface area contributed by atoms with E-state index in [1.54, 1.807) is 30.5 Å². The van der Waals surface area contributed by atoms with Gasteiger partial charge in [0, 0.05) is 30.7 Å². The van der Waals surface area contributed by atoms with Crippen molar-refractivity contribution >= 4 is 16.7 Å². The summed E-state index contributed by atoms with van der Waals surface area (Å²) in [5.74, 6) is 0.536. The molecule has 2 aromatic heterocycles. The van der Waals surface area contributed by atoms with E-state index in [1.165, 1.54) is 17.5 Å². The molecule has 0 aliphatic heterocycles. The van der Waals surface area contributed by atoms with E-state index in [1.807, 2.05) is 26.0 Å². The van der Waals surface area contributed by atoms with Gasteiger partial charge in [-0.25, -0.2) is 9.67 Å². The van der Waals surface area contributed by atoms with Gasteiger partial charge < -0.3 is 10.1 Å². The van der Waals surface area contributed by atoms with Crippen molar-refractivity contribution in [1.82, 2.24) is 20.1 Å². The number of nitrogens with one attached hydrogen (secondary N) is 1. The average molecular weight is 421 g/mol. The summed E-state index contributed by atoms with van der Waals surface area (Å²) in [4.78, 5) is 30.0. The smallest absolute Gasteiger partial charge is 0.274 e. The minimum atomic E-state index is -0.319. The van der Waals surface area contributed by atoms with Gasteiger partial charge in [-0.2, -0.15) is 5.10 Å². The second-order valence-corrected chi connectivity index (χ2v) is 8.49. The van der Waals surface area contributed by atoms with Crippen LogP contribution in [0.4, 0.5) is 0 Å². The molecular formula is C24H28N4O3. The van der Waals surface area contributed by atoms with Crippen molar-refractivity contribution in [3.05, 3.63) is 64.2 Å². The lowest BCUT2D eigenvalue weighted by molar-refractivity contribution is 0.0945. The normalized spacial score (nSPS) is 14.3. The molecule has 1 N–H and O–H groups in total. The molecule has 1 aliphatic carbocycles. The topological polar surface area (TPSA) is 86.1 Å². The Bertz CT molecular complexity index is 1120. The summed E-state index contributed by atoms with van der Waals surface area (Å²) in [5, 5.41) is 8.34. The molecule has 1 saturated carbocycles. The standard InChI is InChI=1S/C24H28N4O3/c1-16(2)15-28-24(30)20-10-6-5-9-19(20)22(27-28)23(29)26-14-17-11-12-21(25-13-17)31-18-7-3-4-8-18/h5-6,9-13,16,18H,3-4,7-8,14-15H2,1-2H3,(H,26,29). The van der Waals surface area contributed by atoms with E-state index in [4.69, 9.17) is 4.74 Å². The SMILES string of the molecule is CC(C)Cn1nc(C(=O)NCc2ccc(OC3CCCC3)nc2)c2ccccc2c1=O. The predicted octanol–water partition coefficient (Wildman–Crippen LogP) is 3.70. The van der Waals surface area contributed by atoms with Gasteiger partial charge in [0.15, 0.2) is 5.69 Å². The number of hydrogen-bond donors (Lipinski definition) is 1. The van der Waals surface area contributed by atoms with Crippen LogP contribution in [0.1, 0.15) is 55.6 Å². The number of pyridine rings is 1. The zero-order valence-corrected chi connectivity index (χ0v) is 18.0. The van der Waals surface area contributed by atoms with Crippen LogP contribution in [0, 0.1) is 5.92 Å². The summed E-state index contributed by atoms with van der Waals surface area (Å²) in [6.07, 6.45) is 6.57. The van der Waals surface area contributed by atoms with Crippen LogP contribution in [0.25, 0.3) is 10.8 Å². The van der Waals surface area contributed by atoms with E-state index in [0.717, 1.165) is 18.4 Å². The van der Waals surface area contributed by atoms with E-state index < -0.39 is 0 Å². The number of benzene rings is 1. The molecule has 31 heavy (non-hydrogen) atoms. The Morgan fingerprint density at radius 1 is 1.16 bits per heavy atom. The fourth-order valence-corrected chi connectivity index (χ4v) is 3.90. The van der Waals surface area contributed by atoms with Crippen LogP contribution in [-0.4, -0.2) is 26.8 Å². The fourth-order valence-electron chi connectivity index (χ4n) is 3.90. The van der Waals surface area contributed by atoms with Crippen molar-refractivity contribution in [1.29, 1.82) is 0 Å². The molecule has 1 aliphatic rings. The highest BCUT2D eigenvalue weighted by atomic mass is 16.5. The zero-order valence-electron chi connectivity index (χ0n) is 18.0. The molecule has 4 rings (SSSR count). The maximum Gasteiger partial charge on any atom is 0.274 e. The number of aromatic nitrogens is 3. The van der Waals surface area contributed by atoms with Crippen LogP contribution in [0.15, 0.2) is 47.4 Å². The first-order valence-corrected chi connectivity index (χ1v) is 10.9. The molecule has 2 heterocycles. The summed E-state index contributed by atoms with van der Waals surface area (Å²) in [7, 11) is 0. The predicted molar refractivity (Wildman–Crippen MR) is 119 cm³/mol. The van der Waals surface area contributed by atoms with Crippen molar-refractivity contribution < 1.29 is 9.53 Å². The van der Waals surface area contributed by atoms with Crippen LogP contribution in [0.3, 0.4) is 0 Å². The van der Waals surface area contributed by atoms with Gasteiger partial charge in [-0.1, -0.05) is 38.1 Å². The molecule has 0 unspecified atom stereocenters. The minimum absolute atomic E-state index is 0.178. The Labute approximate surface area is 181 Å². The third-order valence-electron chi connectivity index (χ3n) is 5.46. The zero-order chi connectivity index (χ0) is 21.8. The fraction of sp³-hybridized carbons (Fsp3) is 0.417. The van der Waals surface area contributed by atoms with E-state index in [2.05, 4.69) is 15.4 Å². The summed E-state index contributed by atoms with van der Waals surface area (Å²) >= 11 is 0. The Hall–Kier alpha value is -3.22. The number of hydrogen-bond acceptors (Lipinski definition) is 5. The highest BCUT2D eigenvalue weighted by molar-refractivity contribution is 6.04. The quantitative estimate of drug-likeness (QED) is 0.630. The Morgan fingerprint density at radius 2 is 1.90 bits per heavy atom. The lowest BCUT2D eigenvalue weighted by Crippen LogP contribution is -2.31. The number of amides is 1. The van der Waals surface area contributed by atoms with Crippen molar-refractivity contribution in [2.45, 2.75) is 58.7 Å². The summed E-state index contributed by atoms with van der Waals surface area (Å²) < 4.78 is 7.28. The Kier molecular flexibility index (Phi) is 6.30. The van der Waals surface area contributed by atoms with Gasteiger partial charge in [-0.3, -0.25) is 9.59 Å². The van der Waals surface area contributed by atoms with Gasteiger partial charge in [0.05, 0.1) is 5.39 Å². The van der Waals surface area contributed by atoms with Crippen molar-refractivity contribution in [3.8, 4) is 5.88 Å². The van der Waals surface area contributed by atoms with Crippen LogP contribution in [0.5, 0.6) is 5.88 Å². The maximum absolute atomic E-state index is 12.9. The molecule has 3 aromatic rings. The van der Waals surface area contributed by atoms with E-state index >= 15 is 0 Å². The maximum atomic E-state index is 12.9. The van der Waals surface area contributed by atoms with Crippen molar-refractivity contribution in [3.63, 3.8) is 0 Å². The highest BCUT2D eigenvalue weighted by Gasteiger charge is 2.18. The summed E-state index contributed by atoms with van der Waals surface area (Å²) in [6, 6.07) is 10.8. The highest BCUT2D eigenvalue weighted by Crippen LogP contribution is 2.23. The number of carbonyl (C=O) groups excluding carboxylic acids is 1. The van der Waals surface area contributed by atoms with E-state index in [-0.39, 0.29) is 29.2 Å². The third kappa shape index (κ3) is 4.93. The van der Waals surface area contributed by atoms with Gasteiger partial charge >= 0.3 is 0 Å². The molecule has 0 bridgehead atoms. The second kappa shape index (κ2) is 9.29. The second-order valence-electron chi connectivity index (χ2n) is 8.49. The molecule has 7 nitrogen and oxygen atoms in total. The van der Waals surface area contributed by atoms with Gasteiger partial charge in [0.25, 0.3) is 11.5 Å². The van der Waals surface area contributed by atoms with E-state index in [9.17, 15) is 9.59 Å². The first-order valence-electron chi connectivity index (χ1n) is 10.9. The molecule has 0 radical (unpaired) electrons. The molecular weight excluding hydrogens is 392 g/mol. The van der Waals surface area contributed by atoms with Crippen molar-refractivity contribution in [2.75, 3.05) is 0 Å². The summed E-state index contributed by atoms with van der Waals surface area (Å²) in [6.45, 7) is 4.79. The molecule has 1 fully saturated rings. The Morgan fingerprint density at radius 3 is 2.58 bits per heavy atom. The first kappa shape index (κ1) is 21.0. The first-order chi connectivity index (χ1) is 15.0. The lowest BCUT2D eigenvalue weighted by atomic mass is 10.1. The van der Waals surface area contributed by atoms with Crippen LogP contribution in [-0.2, 0) is 13.1 Å². The third-order valence-corrected chi connectivity index (χ3v) is 5.46. The monoisotopic (exact) mass is 420 g/mol. The number of nitrogens with zero attached hydrogens (tertiary/aromatic N) is 3. The molecule has 1 aromatic carbocycles. The average Bonchev–Trinajstić information content (AvgIpc) is 3.28. The number of rotatable bonds is 7. The van der Waals surface area contributed by atoms with Gasteiger partial charge in [0.1, 0.15) is 6.10 Å². The largest absolute Gasteiger partial charge is 0.474 e. The molecule has 0 saturated heterocycles. The Balaban J connectivity index is 1.49. The van der Waals surface area contributed by atoms with Crippen LogP contribution < -0.4 is 15.6 Å². The number of ether oxygens (including phenoxy) is 1. The molecule has 7 heteroatoms. The number of carbonyl (C=O) groups is 1. The molecule has 0 spiro atoms. The van der Waals surface area contributed by atoms with Gasteiger partial charge in [-0.15, -0.1) is 0 Å². The van der Waals surface area contributed by atoms with Gasteiger partial charge in [-0.05, 0) is 43.2 Å². The van der Waals surface area contributed by atoms with Gasteiger partial charge in [0.2, 0.25) is 5.88 Å².